The summed E-state index contributed by atoms with van der Waals surface area (Å²) in [6.07, 6.45) is 2.37. The summed E-state index contributed by atoms with van der Waals surface area (Å²) in [5, 5.41) is 10.1. The molecule has 2 aromatic rings. The molecule has 0 aliphatic rings. The molecule has 0 unspecified atom stereocenters. The fourth-order valence-corrected chi connectivity index (χ4v) is 2.37. The molecule has 2 nitrogen and oxygen atoms in total. The van der Waals surface area contributed by atoms with Crippen LogP contribution < -0.4 is 5.73 Å². The molecule has 0 amide bonds. The molecule has 0 saturated carbocycles. The SMILES string of the molecule is CCCC[C@H](O)[C@H](N)c1cccc(-c2ccccc2)c1.Cl. The average Bonchev–Trinajstić information content (AvgIpc) is 2.53. The molecule has 0 radical (unpaired) electrons. The standard InChI is InChI=1S/C18H23NO.ClH/c1-2-3-12-17(20)18(19)16-11-7-10-15(13-16)14-8-5-4-6-9-14;/h4-11,13,17-18,20H,2-3,12,19H2,1H3;1H/t17-,18+;/m0./s1. The van der Waals surface area contributed by atoms with E-state index in [2.05, 4.69) is 31.2 Å². The van der Waals surface area contributed by atoms with E-state index in [-0.39, 0.29) is 18.4 Å². The summed E-state index contributed by atoms with van der Waals surface area (Å²) in [4.78, 5) is 0. The molecule has 3 N–H and O–H groups in total. The largest absolute Gasteiger partial charge is 0.391 e. The zero-order valence-corrected chi connectivity index (χ0v) is 13.2. The van der Waals surface area contributed by atoms with Gasteiger partial charge in [-0.1, -0.05) is 68.3 Å². The molecule has 0 aromatic heterocycles. The first-order valence-corrected chi connectivity index (χ1v) is 7.31. The Balaban J connectivity index is 0.00000220. The van der Waals surface area contributed by atoms with Crippen molar-refractivity contribution in [2.45, 2.75) is 38.3 Å². The zero-order valence-electron chi connectivity index (χ0n) is 12.4. The van der Waals surface area contributed by atoms with Crippen LogP contribution in [0.1, 0.15) is 37.8 Å². The van der Waals surface area contributed by atoms with Crippen LogP contribution in [0.25, 0.3) is 11.1 Å². The Labute approximate surface area is 133 Å². The second-order valence-electron chi connectivity index (χ2n) is 5.23. The fourth-order valence-electron chi connectivity index (χ4n) is 2.37. The quantitative estimate of drug-likeness (QED) is 0.834. The van der Waals surface area contributed by atoms with E-state index >= 15 is 0 Å². The highest BCUT2D eigenvalue weighted by molar-refractivity contribution is 5.85. The van der Waals surface area contributed by atoms with Gasteiger partial charge in [0.05, 0.1) is 12.1 Å². The van der Waals surface area contributed by atoms with E-state index in [1.165, 1.54) is 5.56 Å². The first-order valence-electron chi connectivity index (χ1n) is 7.31. The molecule has 0 heterocycles. The first kappa shape index (κ1) is 17.7. The van der Waals surface area contributed by atoms with Crippen molar-refractivity contribution in [3.63, 3.8) is 0 Å². The van der Waals surface area contributed by atoms with Crippen LogP contribution in [0.2, 0.25) is 0 Å². The Hall–Kier alpha value is -1.35. The van der Waals surface area contributed by atoms with Gasteiger partial charge in [0.1, 0.15) is 0 Å². The van der Waals surface area contributed by atoms with Crippen LogP contribution in [0.3, 0.4) is 0 Å². The molecule has 2 atom stereocenters. The van der Waals surface area contributed by atoms with E-state index < -0.39 is 6.10 Å². The van der Waals surface area contributed by atoms with Crippen LogP contribution in [0.4, 0.5) is 0 Å². The minimum atomic E-state index is -0.471. The van der Waals surface area contributed by atoms with Crippen LogP contribution in [-0.2, 0) is 0 Å². The van der Waals surface area contributed by atoms with Gasteiger partial charge in [-0.15, -0.1) is 12.4 Å². The van der Waals surface area contributed by atoms with Crippen molar-refractivity contribution in [1.82, 2.24) is 0 Å². The Morgan fingerprint density at radius 1 is 1.00 bits per heavy atom. The summed E-state index contributed by atoms with van der Waals surface area (Å²) in [6.45, 7) is 2.12. The van der Waals surface area contributed by atoms with E-state index in [1.807, 2.05) is 30.3 Å². The van der Waals surface area contributed by atoms with E-state index in [0.29, 0.717) is 0 Å². The molecular formula is C18H24ClNO. The Bertz CT molecular complexity index is 530. The normalized spacial score (nSPS) is 13.3. The fraction of sp³-hybridized carbons (Fsp3) is 0.333. The summed E-state index contributed by atoms with van der Waals surface area (Å²) in [5.74, 6) is 0. The summed E-state index contributed by atoms with van der Waals surface area (Å²) in [7, 11) is 0. The van der Waals surface area contributed by atoms with Crippen LogP contribution in [0.5, 0.6) is 0 Å². The lowest BCUT2D eigenvalue weighted by atomic mass is 9.95. The molecule has 2 aromatic carbocycles. The monoisotopic (exact) mass is 305 g/mol. The molecule has 0 aliphatic carbocycles. The third kappa shape index (κ3) is 4.85. The minimum absolute atomic E-state index is 0. The predicted molar refractivity (Wildman–Crippen MR) is 91.6 cm³/mol. The number of nitrogens with two attached hydrogens (primary N) is 1. The van der Waals surface area contributed by atoms with Gasteiger partial charge in [0.2, 0.25) is 0 Å². The van der Waals surface area contributed by atoms with Crippen molar-refractivity contribution in [3.05, 3.63) is 60.2 Å². The van der Waals surface area contributed by atoms with Crippen LogP contribution in [0.15, 0.2) is 54.6 Å². The highest BCUT2D eigenvalue weighted by Gasteiger charge is 2.16. The van der Waals surface area contributed by atoms with Crippen molar-refractivity contribution < 1.29 is 5.11 Å². The topological polar surface area (TPSA) is 46.2 Å². The Kier molecular flexibility index (Phi) is 7.44. The highest BCUT2D eigenvalue weighted by Crippen LogP contribution is 2.24. The van der Waals surface area contributed by atoms with E-state index in [4.69, 9.17) is 5.73 Å². The number of rotatable bonds is 6. The van der Waals surface area contributed by atoms with Gasteiger partial charge < -0.3 is 10.8 Å². The highest BCUT2D eigenvalue weighted by atomic mass is 35.5. The number of benzene rings is 2. The molecule has 0 aliphatic heterocycles. The second kappa shape index (κ2) is 8.83. The molecule has 0 saturated heterocycles. The second-order valence-corrected chi connectivity index (χ2v) is 5.23. The molecule has 0 spiro atoms. The summed E-state index contributed by atoms with van der Waals surface area (Å²) in [6, 6.07) is 18.1. The van der Waals surface area contributed by atoms with Gasteiger partial charge in [-0.25, -0.2) is 0 Å². The number of hydrogen-bond acceptors (Lipinski definition) is 2. The van der Waals surface area contributed by atoms with Crippen LogP contribution in [-0.4, -0.2) is 11.2 Å². The van der Waals surface area contributed by atoms with Gasteiger partial charge in [-0.3, -0.25) is 0 Å². The van der Waals surface area contributed by atoms with Crippen LogP contribution in [0, 0.1) is 0 Å². The molecule has 0 fully saturated rings. The van der Waals surface area contributed by atoms with Crippen molar-refractivity contribution in [2.75, 3.05) is 0 Å². The van der Waals surface area contributed by atoms with Crippen molar-refractivity contribution in [3.8, 4) is 11.1 Å². The predicted octanol–water partition coefficient (Wildman–Crippen LogP) is 4.33. The summed E-state index contributed by atoms with van der Waals surface area (Å²) < 4.78 is 0. The minimum Gasteiger partial charge on any atom is -0.391 e. The smallest absolute Gasteiger partial charge is 0.0732 e. The van der Waals surface area contributed by atoms with E-state index in [1.54, 1.807) is 0 Å². The van der Waals surface area contributed by atoms with Crippen molar-refractivity contribution in [2.24, 2.45) is 5.73 Å². The molecule has 21 heavy (non-hydrogen) atoms. The summed E-state index contributed by atoms with van der Waals surface area (Å²) >= 11 is 0. The van der Waals surface area contributed by atoms with Gasteiger partial charge >= 0.3 is 0 Å². The van der Waals surface area contributed by atoms with E-state index in [0.717, 1.165) is 30.4 Å². The lowest BCUT2D eigenvalue weighted by Gasteiger charge is -2.19. The maximum atomic E-state index is 10.1. The van der Waals surface area contributed by atoms with Crippen molar-refractivity contribution >= 4 is 12.4 Å². The van der Waals surface area contributed by atoms with Gasteiger partial charge in [0.25, 0.3) is 0 Å². The van der Waals surface area contributed by atoms with Gasteiger partial charge in [-0.2, -0.15) is 0 Å². The van der Waals surface area contributed by atoms with Gasteiger partial charge in [0.15, 0.2) is 0 Å². The third-order valence-corrected chi connectivity index (χ3v) is 3.65. The Morgan fingerprint density at radius 2 is 1.67 bits per heavy atom. The zero-order chi connectivity index (χ0) is 14.4. The first-order chi connectivity index (χ1) is 9.72. The molecule has 0 bridgehead atoms. The third-order valence-electron chi connectivity index (χ3n) is 3.65. The number of hydrogen-bond donors (Lipinski definition) is 2. The average molecular weight is 306 g/mol. The molecule has 3 heteroatoms. The lowest BCUT2D eigenvalue weighted by molar-refractivity contribution is 0.132. The molecule has 114 valence electrons. The maximum Gasteiger partial charge on any atom is 0.0732 e. The van der Waals surface area contributed by atoms with E-state index in [9.17, 15) is 5.11 Å². The number of halogens is 1. The van der Waals surface area contributed by atoms with Gasteiger partial charge in [-0.05, 0) is 29.2 Å². The molecule has 2 rings (SSSR count). The van der Waals surface area contributed by atoms with Gasteiger partial charge in [0, 0.05) is 0 Å². The number of unbranched alkanes of at least 4 members (excludes halogenated alkanes) is 1. The summed E-state index contributed by atoms with van der Waals surface area (Å²) in [5.41, 5.74) is 9.48. The lowest BCUT2D eigenvalue weighted by Crippen LogP contribution is -2.26. The van der Waals surface area contributed by atoms with Crippen LogP contribution >= 0.6 is 12.4 Å². The number of aliphatic hydroxyl groups is 1. The number of aliphatic hydroxyl groups excluding tert-OH is 1. The maximum absolute atomic E-state index is 10.1. The van der Waals surface area contributed by atoms with Crippen molar-refractivity contribution in [1.29, 1.82) is 0 Å². The Morgan fingerprint density at radius 3 is 2.33 bits per heavy atom. The molecular weight excluding hydrogens is 282 g/mol.